The van der Waals surface area contributed by atoms with Crippen molar-refractivity contribution in [3.8, 4) is 16.9 Å². The van der Waals surface area contributed by atoms with Crippen LogP contribution in [0.1, 0.15) is 25.5 Å². The van der Waals surface area contributed by atoms with Crippen molar-refractivity contribution in [1.82, 2.24) is 0 Å². The topological polar surface area (TPSA) is 33.4 Å². The summed E-state index contributed by atoms with van der Waals surface area (Å²) in [6.07, 6.45) is 3.10. The minimum atomic E-state index is 0.321. The highest BCUT2D eigenvalue weighted by atomic mass is 127. The Morgan fingerprint density at radius 1 is 1.23 bits per heavy atom. The number of rotatable bonds is 4. The minimum Gasteiger partial charge on any atom is -0.506 e. The fourth-order valence-electron chi connectivity index (χ4n) is 2.56. The fraction of sp³-hybridized carbons (Fsp3) is 0.222. The summed E-state index contributed by atoms with van der Waals surface area (Å²) in [6.45, 7) is 2.18. The van der Waals surface area contributed by atoms with Crippen LogP contribution in [0.2, 0.25) is 0 Å². The Kier molecular flexibility index (Phi) is 4.97. The number of para-hydroxylation sites is 1. The summed E-state index contributed by atoms with van der Waals surface area (Å²) in [6, 6.07) is 13.2. The standard InChI is InChI=1S/C18H15I2O2/c1-2-3-7-15-16(11-6-4-5-8-14(11)22-15)12-9-10-13(19)18(21)17(12)20/h4-6,8,10,21H,2-3,7H2,1H3. The molecule has 0 amide bonds. The van der Waals surface area contributed by atoms with E-state index in [1.54, 1.807) is 0 Å². The molecule has 0 saturated heterocycles. The van der Waals surface area contributed by atoms with Gasteiger partial charge in [-0.2, -0.15) is 0 Å². The molecule has 1 aromatic heterocycles. The average Bonchev–Trinajstić information content (AvgIpc) is 2.89. The van der Waals surface area contributed by atoms with Crippen LogP contribution < -0.4 is 0 Å². The van der Waals surface area contributed by atoms with Crippen molar-refractivity contribution in [2.75, 3.05) is 0 Å². The molecule has 2 aromatic carbocycles. The average molecular weight is 517 g/mol. The third kappa shape index (κ3) is 2.87. The molecule has 4 heteroatoms. The molecule has 0 aliphatic rings. The van der Waals surface area contributed by atoms with E-state index >= 15 is 0 Å². The van der Waals surface area contributed by atoms with E-state index in [0.717, 1.165) is 54.3 Å². The fourth-order valence-corrected chi connectivity index (χ4v) is 4.21. The van der Waals surface area contributed by atoms with Gasteiger partial charge in [0, 0.05) is 22.9 Å². The van der Waals surface area contributed by atoms with E-state index < -0.39 is 0 Å². The summed E-state index contributed by atoms with van der Waals surface area (Å²) in [5.41, 5.74) is 2.89. The van der Waals surface area contributed by atoms with Gasteiger partial charge >= 0.3 is 0 Å². The predicted molar refractivity (Wildman–Crippen MR) is 106 cm³/mol. The third-order valence-electron chi connectivity index (χ3n) is 3.67. The number of phenolic OH excluding ortho intramolecular Hbond substituents is 1. The second kappa shape index (κ2) is 6.78. The molecule has 2 nitrogen and oxygen atoms in total. The first-order chi connectivity index (χ1) is 10.6. The molecule has 0 atom stereocenters. The Hall–Kier alpha value is -0.760. The van der Waals surface area contributed by atoms with Gasteiger partial charge in [0.1, 0.15) is 17.1 Å². The molecule has 1 N–H and O–H groups in total. The van der Waals surface area contributed by atoms with E-state index in [1.165, 1.54) is 0 Å². The predicted octanol–water partition coefficient (Wildman–Crippen LogP) is 6.16. The van der Waals surface area contributed by atoms with Gasteiger partial charge in [-0.15, -0.1) is 0 Å². The van der Waals surface area contributed by atoms with Crippen LogP contribution >= 0.6 is 45.2 Å². The second-order valence-electron chi connectivity index (χ2n) is 5.17. The number of hydrogen-bond donors (Lipinski definition) is 1. The molecular weight excluding hydrogens is 502 g/mol. The maximum Gasteiger partial charge on any atom is 0.142 e. The smallest absolute Gasteiger partial charge is 0.142 e. The van der Waals surface area contributed by atoms with Crippen molar-refractivity contribution in [2.24, 2.45) is 0 Å². The minimum absolute atomic E-state index is 0.321. The molecular formula is C18H15I2O2. The summed E-state index contributed by atoms with van der Waals surface area (Å²) < 4.78 is 7.72. The number of hydrogen-bond acceptors (Lipinski definition) is 2. The maximum atomic E-state index is 10.3. The largest absolute Gasteiger partial charge is 0.506 e. The van der Waals surface area contributed by atoms with Crippen LogP contribution in [0, 0.1) is 13.2 Å². The van der Waals surface area contributed by atoms with Crippen molar-refractivity contribution in [2.45, 2.75) is 26.2 Å². The lowest BCUT2D eigenvalue weighted by molar-refractivity contribution is 0.468. The van der Waals surface area contributed by atoms with E-state index in [9.17, 15) is 5.11 Å². The molecule has 0 bridgehead atoms. The molecule has 0 aliphatic heterocycles. The van der Waals surface area contributed by atoms with Crippen molar-refractivity contribution < 1.29 is 9.52 Å². The molecule has 3 rings (SSSR count). The summed E-state index contributed by atoms with van der Waals surface area (Å²) in [4.78, 5) is 0. The van der Waals surface area contributed by atoms with Crippen LogP contribution in [0.15, 0.2) is 34.7 Å². The van der Waals surface area contributed by atoms with Gasteiger partial charge in [0.05, 0.1) is 7.14 Å². The van der Waals surface area contributed by atoms with Crippen LogP contribution in [0.25, 0.3) is 22.1 Å². The first-order valence-corrected chi connectivity index (χ1v) is 9.38. The highest BCUT2D eigenvalue weighted by molar-refractivity contribution is 14.1. The Bertz CT molecular complexity index is 821. The number of benzene rings is 2. The lowest BCUT2D eigenvalue weighted by Gasteiger charge is -2.08. The maximum absolute atomic E-state index is 10.3. The molecule has 3 aromatic rings. The van der Waals surface area contributed by atoms with E-state index in [1.807, 2.05) is 24.3 Å². The Morgan fingerprint density at radius 2 is 2.00 bits per heavy atom. The number of aromatic hydroxyl groups is 1. The normalized spacial score (nSPS) is 11.2. The number of fused-ring (bicyclic) bond motifs is 1. The van der Waals surface area contributed by atoms with Crippen molar-refractivity contribution in [3.05, 3.63) is 49.3 Å². The second-order valence-corrected chi connectivity index (χ2v) is 7.42. The van der Waals surface area contributed by atoms with Gasteiger partial charge < -0.3 is 9.52 Å². The van der Waals surface area contributed by atoms with Crippen molar-refractivity contribution >= 4 is 56.2 Å². The highest BCUT2D eigenvalue weighted by Crippen LogP contribution is 2.41. The van der Waals surface area contributed by atoms with Gasteiger partial charge in [0.2, 0.25) is 0 Å². The number of aryl methyl sites for hydroxylation is 1. The van der Waals surface area contributed by atoms with Crippen molar-refractivity contribution in [1.29, 1.82) is 0 Å². The molecule has 1 heterocycles. The zero-order valence-corrected chi connectivity index (χ0v) is 16.4. The molecule has 0 unspecified atom stereocenters. The van der Waals surface area contributed by atoms with Gasteiger partial charge in [-0.3, -0.25) is 0 Å². The SMILES string of the molecule is CCCCc1oc2ccccc2c1-c1[c]cc(I)c(O)c1I. The molecule has 113 valence electrons. The summed E-state index contributed by atoms with van der Waals surface area (Å²) >= 11 is 4.32. The summed E-state index contributed by atoms with van der Waals surface area (Å²) in [5, 5.41) is 11.3. The number of unbranched alkanes of at least 4 members (excludes halogenated alkanes) is 1. The molecule has 0 fully saturated rings. The van der Waals surface area contributed by atoms with Gasteiger partial charge in [0.15, 0.2) is 0 Å². The summed E-state index contributed by atoms with van der Waals surface area (Å²) in [5.74, 6) is 1.31. The highest BCUT2D eigenvalue weighted by Gasteiger charge is 2.20. The molecule has 0 saturated carbocycles. The van der Waals surface area contributed by atoms with Crippen LogP contribution in [-0.4, -0.2) is 5.11 Å². The number of halogens is 2. The third-order valence-corrected chi connectivity index (χ3v) is 5.55. The van der Waals surface area contributed by atoms with Crippen LogP contribution in [0.5, 0.6) is 5.75 Å². The van der Waals surface area contributed by atoms with Crippen LogP contribution in [0.3, 0.4) is 0 Å². The monoisotopic (exact) mass is 517 g/mol. The van der Waals surface area contributed by atoms with Crippen LogP contribution in [-0.2, 0) is 6.42 Å². The van der Waals surface area contributed by atoms with Crippen molar-refractivity contribution in [3.63, 3.8) is 0 Å². The lowest BCUT2D eigenvalue weighted by atomic mass is 9.99. The van der Waals surface area contributed by atoms with E-state index in [-0.39, 0.29) is 0 Å². The molecule has 0 aliphatic carbocycles. The Balaban J connectivity index is 2.26. The van der Waals surface area contributed by atoms with Gasteiger partial charge in [0.25, 0.3) is 0 Å². The summed E-state index contributed by atoms with van der Waals surface area (Å²) in [7, 11) is 0. The quantitative estimate of drug-likeness (QED) is 0.421. The van der Waals surface area contributed by atoms with E-state index in [4.69, 9.17) is 4.42 Å². The van der Waals surface area contributed by atoms with Gasteiger partial charge in [-0.1, -0.05) is 31.5 Å². The van der Waals surface area contributed by atoms with Crippen LogP contribution in [0.4, 0.5) is 0 Å². The zero-order valence-electron chi connectivity index (χ0n) is 12.1. The first-order valence-electron chi connectivity index (χ1n) is 7.23. The van der Waals surface area contributed by atoms with Gasteiger partial charge in [-0.25, -0.2) is 0 Å². The molecule has 0 spiro atoms. The number of phenols is 1. The lowest BCUT2D eigenvalue weighted by Crippen LogP contribution is -1.91. The Labute approximate surface area is 157 Å². The first kappa shape index (κ1) is 16.1. The zero-order chi connectivity index (χ0) is 15.7. The molecule has 22 heavy (non-hydrogen) atoms. The van der Waals surface area contributed by atoms with E-state index in [2.05, 4.69) is 64.2 Å². The van der Waals surface area contributed by atoms with E-state index in [0.29, 0.717) is 5.75 Å². The Morgan fingerprint density at radius 3 is 2.77 bits per heavy atom. The van der Waals surface area contributed by atoms with Gasteiger partial charge in [-0.05, 0) is 69.8 Å². The number of furan rings is 1. The molecule has 1 radical (unpaired) electrons.